The molecule has 7 heteroatoms. The summed E-state index contributed by atoms with van der Waals surface area (Å²) in [4.78, 5) is 0. The van der Waals surface area contributed by atoms with Gasteiger partial charge in [0.25, 0.3) is 0 Å². The summed E-state index contributed by atoms with van der Waals surface area (Å²) >= 11 is 1.77. The summed E-state index contributed by atoms with van der Waals surface area (Å²) in [5.41, 5.74) is 5.98. The van der Waals surface area contributed by atoms with E-state index in [1.54, 1.807) is 11.3 Å². The molecule has 0 unspecified atom stereocenters. The van der Waals surface area contributed by atoms with E-state index in [1.807, 2.05) is 36.4 Å². The quantitative estimate of drug-likeness (QED) is 0.113. The summed E-state index contributed by atoms with van der Waals surface area (Å²) in [5.74, 6) is 2.90. The van der Waals surface area contributed by atoms with Gasteiger partial charge in [-0.25, -0.2) is 0 Å². The van der Waals surface area contributed by atoms with Crippen LogP contribution in [0, 0.1) is 0 Å². The molecule has 0 spiro atoms. The minimum atomic E-state index is -0.0871. The zero-order valence-electron chi connectivity index (χ0n) is 35.5. The lowest BCUT2D eigenvalue weighted by atomic mass is 9.92. The molecule has 0 saturated heterocycles. The lowest BCUT2D eigenvalue weighted by Gasteiger charge is -2.20. The van der Waals surface area contributed by atoms with Crippen molar-refractivity contribution in [2.75, 3.05) is 26.4 Å². The molecule has 65 heavy (non-hydrogen) atoms. The number of ether oxygens (including phenoxy) is 4. The molecule has 0 aliphatic carbocycles. The third-order valence-corrected chi connectivity index (χ3v) is 13.6. The van der Waals surface area contributed by atoms with Crippen LogP contribution in [0.4, 0.5) is 0 Å². The van der Waals surface area contributed by atoms with Crippen LogP contribution in [0.15, 0.2) is 182 Å². The van der Waals surface area contributed by atoms with Crippen LogP contribution in [0.2, 0.25) is 0 Å². The fraction of sp³-hybridized carbons (Fsp3) is 0.103. The molecule has 0 aliphatic rings. The highest BCUT2D eigenvalue weighted by molar-refractivity contribution is 7.26. The molecule has 318 valence electrons. The van der Waals surface area contributed by atoms with Crippen molar-refractivity contribution in [1.82, 2.24) is 0 Å². The molecule has 0 atom stereocenters. The second-order valence-electron chi connectivity index (χ2n) is 16.1. The first-order chi connectivity index (χ1) is 32.2. The van der Waals surface area contributed by atoms with Gasteiger partial charge in [-0.1, -0.05) is 158 Å². The lowest BCUT2D eigenvalue weighted by molar-refractivity contribution is 0.202. The summed E-state index contributed by atoms with van der Waals surface area (Å²) in [6, 6.07) is 62.8. The highest BCUT2D eigenvalue weighted by Crippen LogP contribution is 2.48. The van der Waals surface area contributed by atoms with Crippen LogP contribution in [0.5, 0.6) is 23.0 Å². The molecule has 1 aromatic heterocycles. The number of aliphatic hydroxyl groups excluding tert-OH is 2. The largest absolute Gasteiger partial charge is 0.491 e. The van der Waals surface area contributed by atoms with Crippen LogP contribution >= 0.6 is 11.3 Å². The Labute approximate surface area is 380 Å². The predicted molar refractivity (Wildman–Crippen MR) is 267 cm³/mol. The van der Waals surface area contributed by atoms with E-state index in [0.717, 1.165) is 88.0 Å². The standard InChI is InChI=1S/C58H44O6S/c59-31-33-61-49-27-23-37-11-1-5-17-43(37)53(49)55-45-19-7-3-13-39(45)25-29-51(55)63-35-41-15-9-21-47-48-22-10-16-42(58(48)65-57(41)47)36-64-52-30-26-40-14-4-8-20-46(40)56(52)54-44-18-6-2-12-38(44)24-28-50(54)62-34-32-60/h1-30,59-60H,31-36H2. The van der Waals surface area contributed by atoms with E-state index in [0.29, 0.717) is 24.7 Å². The molecular formula is C58H44O6S. The zero-order valence-corrected chi connectivity index (χ0v) is 36.3. The average molecular weight is 869 g/mol. The number of benzene rings is 10. The highest BCUT2D eigenvalue weighted by atomic mass is 32.1. The Morgan fingerprint density at radius 3 is 0.954 bits per heavy atom. The molecule has 0 radical (unpaired) electrons. The number of aliphatic hydroxyl groups is 2. The maximum atomic E-state index is 9.76. The Kier molecular flexibility index (Phi) is 10.9. The predicted octanol–water partition coefficient (Wildman–Crippen LogP) is 13.9. The van der Waals surface area contributed by atoms with Crippen LogP contribution in [0.1, 0.15) is 11.1 Å². The molecule has 0 fully saturated rings. The van der Waals surface area contributed by atoms with Crippen molar-refractivity contribution in [3.63, 3.8) is 0 Å². The highest BCUT2D eigenvalue weighted by Gasteiger charge is 2.22. The summed E-state index contributed by atoms with van der Waals surface area (Å²) in [6.07, 6.45) is 0. The molecule has 0 bridgehead atoms. The second-order valence-corrected chi connectivity index (χ2v) is 17.1. The van der Waals surface area contributed by atoms with Crippen molar-refractivity contribution >= 4 is 74.6 Å². The first kappa shape index (κ1) is 40.4. The monoisotopic (exact) mass is 868 g/mol. The maximum Gasteiger partial charge on any atom is 0.128 e. The van der Waals surface area contributed by atoms with Gasteiger partial charge in [0, 0.05) is 53.6 Å². The molecule has 10 aromatic carbocycles. The topological polar surface area (TPSA) is 77.4 Å². The van der Waals surface area contributed by atoms with Crippen molar-refractivity contribution in [3.8, 4) is 45.3 Å². The molecule has 0 aliphatic heterocycles. The molecule has 11 rings (SSSR count). The van der Waals surface area contributed by atoms with Crippen LogP contribution in [0.25, 0.3) is 85.5 Å². The Balaban J connectivity index is 0.972. The number of hydrogen-bond acceptors (Lipinski definition) is 7. The Bertz CT molecular complexity index is 3320. The van der Waals surface area contributed by atoms with Crippen molar-refractivity contribution < 1.29 is 29.2 Å². The normalized spacial score (nSPS) is 11.6. The molecular weight excluding hydrogens is 825 g/mol. The Hall–Kier alpha value is -7.42. The average Bonchev–Trinajstić information content (AvgIpc) is 3.76. The molecule has 2 N–H and O–H groups in total. The van der Waals surface area contributed by atoms with Crippen molar-refractivity contribution in [2.45, 2.75) is 13.2 Å². The molecule has 0 amide bonds. The van der Waals surface area contributed by atoms with Gasteiger partial charge in [0.2, 0.25) is 0 Å². The fourth-order valence-corrected chi connectivity index (χ4v) is 10.6. The van der Waals surface area contributed by atoms with Gasteiger partial charge in [0.05, 0.1) is 13.2 Å². The third-order valence-electron chi connectivity index (χ3n) is 12.2. The summed E-state index contributed by atoms with van der Waals surface area (Å²) in [5, 5.41) is 30.5. The summed E-state index contributed by atoms with van der Waals surface area (Å²) < 4.78 is 28.7. The number of rotatable bonds is 14. The third kappa shape index (κ3) is 7.43. The minimum Gasteiger partial charge on any atom is -0.491 e. The van der Waals surface area contributed by atoms with Crippen LogP contribution < -0.4 is 18.9 Å². The van der Waals surface area contributed by atoms with Crippen molar-refractivity contribution in [1.29, 1.82) is 0 Å². The van der Waals surface area contributed by atoms with Crippen molar-refractivity contribution in [3.05, 3.63) is 193 Å². The minimum absolute atomic E-state index is 0.0871. The summed E-state index contributed by atoms with van der Waals surface area (Å²) in [7, 11) is 0. The van der Waals surface area contributed by atoms with Gasteiger partial charge in [-0.05, 0) is 67.4 Å². The first-order valence-corrected chi connectivity index (χ1v) is 22.7. The van der Waals surface area contributed by atoms with Gasteiger partial charge in [-0.2, -0.15) is 0 Å². The molecule has 6 nitrogen and oxygen atoms in total. The lowest BCUT2D eigenvalue weighted by Crippen LogP contribution is -2.04. The fourth-order valence-electron chi connectivity index (χ4n) is 9.31. The van der Waals surface area contributed by atoms with E-state index in [9.17, 15) is 10.2 Å². The van der Waals surface area contributed by atoms with E-state index < -0.39 is 0 Å². The Morgan fingerprint density at radius 2 is 0.615 bits per heavy atom. The maximum absolute atomic E-state index is 9.76. The number of thiophene rings is 1. The Morgan fingerprint density at radius 1 is 0.308 bits per heavy atom. The van der Waals surface area contributed by atoms with Crippen LogP contribution in [-0.4, -0.2) is 36.6 Å². The van der Waals surface area contributed by atoms with Crippen molar-refractivity contribution in [2.24, 2.45) is 0 Å². The van der Waals surface area contributed by atoms with E-state index in [-0.39, 0.29) is 26.4 Å². The van der Waals surface area contributed by atoms with E-state index in [2.05, 4.69) is 146 Å². The first-order valence-electron chi connectivity index (χ1n) is 21.9. The smallest absolute Gasteiger partial charge is 0.128 e. The molecule has 11 aromatic rings. The van der Waals surface area contributed by atoms with Gasteiger partial charge in [-0.3, -0.25) is 0 Å². The van der Waals surface area contributed by atoms with Gasteiger partial charge in [-0.15, -0.1) is 11.3 Å². The SMILES string of the molecule is OCCOc1ccc2ccccc2c1-c1c(OCc2cccc3c2sc2c(COc4ccc5ccccc5c4-c4c(OCCO)ccc5ccccc45)cccc23)ccc2ccccc12. The molecule has 1 heterocycles. The van der Waals surface area contributed by atoms with Crippen LogP contribution in [0.3, 0.4) is 0 Å². The van der Waals surface area contributed by atoms with Gasteiger partial charge in [0.1, 0.15) is 49.4 Å². The zero-order chi connectivity index (χ0) is 43.7. The second kappa shape index (κ2) is 17.6. The van der Waals surface area contributed by atoms with E-state index >= 15 is 0 Å². The number of hydrogen-bond donors (Lipinski definition) is 2. The summed E-state index contributed by atoms with van der Waals surface area (Å²) in [6.45, 7) is 0.896. The van der Waals surface area contributed by atoms with Gasteiger partial charge in [0.15, 0.2) is 0 Å². The van der Waals surface area contributed by atoms with E-state index in [1.165, 1.54) is 20.2 Å². The molecule has 0 saturated carbocycles. The van der Waals surface area contributed by atoms with Crippen LogP contribution in [-0.2, 0) is 13.2 Å². The van der Waals surface area contributed by atoms with Gasteiger partial charge < -0.3 is 29.2 Å². The van der Waals surface area contributed by atoms with E-state index in [4.69, 9.17) is 18.9 Å². The number of fused-ring (bicyclic) bond motifs is 7. The van der Waals surface area contributed by atoms with Gasteiger partial charge >= 0.3 is 0 Å².